The molecule has 1 aromatic carbocycles. The average molecular weight is 197 g/mol. The first-order chi connectivity index (χ1) is 6.45. The number of benzene rings is 1. The number of phenols is 1. The molecular weight excluding hydrogens is 181 g/mol. The van der Waals surface area contributed by atoms with Crippen molar-refractivity contribution in [3.8, 4) is 5.75 Å². The molecule has 3 heteroatoms. The van der Waals surface area contributed by atoms with Crippen LogP contribution in [0.2, 0.25) is 0 Å². The summed E-state index contributed by atoms with van der Waals surface area (Å²) >= 11 is 0. The minimum absolute atomic E-state index is 0.201. The van der Waals surface area contributed by atoms with Crippen molar-refractivity contribution in [3.63, 3.8) is 0 Å². The van der Waals surface area contributed by atoms with Crippen molar-refractivity contribution in [1.29, 1.82) is 0 Å². The van der Waals surface area contributed by atoms with Gasteiger partial charge >= 0.3 is 0 Å². The molecule has 78 valence electrons. The highest BCUT2D eigenvalue weighted by Gasteiger charge is 2.19. The van der Waals surface area contributed by atoms with E-state index in [1.165, 1.54) is 19.9 Å². The molecule has 0 aliphatic rings. The highest BCUT2D eigenvalue weighted by molar-refractivity contribution is 5.38. The zero-order valence-corrected chi connectivity index (χ0v) is 8.76. The standard InChI is InChI=1S/C11H16FNO/c1-11(2,12)9-4-5-10(14)8(6-9)7-13-3/h4-6,13-14H,7H2,1-3H3. The van der Waals surface area contributed by atoms with E-state index in [0.29, 0.717) is 12.1 Å². The second kappa shape index (κ2) is 3.96. The molecule has 14 heavy (non-hydrogen) atoms. The first kappa shape index (κ1) is 11.0. The van der Waals surface area contributed by atoms with E-state index >= 15 is 0 Å². The summed E-state index contributed by atoms with van der Waals surface area (Å²) in [5.74, 6) is 0.201. The molecule has 0 atom stereocenters. The molecule has 1 rings (SSSR count). The van der Waals surface area contributed by atoms with Gasteiger partial charge in [0.05, 0.1) is 0 Å². The SMILES string of the molecule is CNCc1cc(C(C)(C)F)ccc1O. The summed E-state index contributed by atoms with van der Waals surface area (Å²) in [7, 11) is 1.78. The molecule has 0 heterocycles. The number of phenolic OH excluding ortho intramolecular Hbond substituents is 1. The minimum atomic E-state index is -1.36. The molecule has 0 fully saturated rings. The number of aromatic hydroxyl groups is 1. The molecule has 0 aromatic heterocycles. The number of hydrogen-bond donors (Lipinski definition) is 2. The summed E-state index contributed by atoms with van der Waals surface area (Å²) in [4.78, 5) is 0. The van der Waals surface area contributed by atoms with Gasteiger partial charge in [-0.2, -0.15) is 0 Å². The molecule has 0 bridgehead atoms. The van der Waals surface area contributed by atoms with Crippen LogP contribution in [0.25, 0.3) is 0 Å². The molecule has 0 saturated heterocycles. The van der Waals surface area contributed by atoms with E-state index < -0.39 is 5.67 Å². The van der Waals surface area contributed by atoms with E-state index in [9.17, 15) is 9.50 Å². The van der Waals surface area contributed by atoms with Crippen molar-refractivity contribution < 1.29 is 9.50 Å². The van der Waals surface area contributed by atoms with Crippen LogP contribution in [-0.2, 0) is 12.2 Å². The van der Waals surface area contributed by atoms with Gasteiger partial charge in [0.1, 0.15) is 11.4 Å². The van der Waals surface area contributed by atoms with Crippen LogP contribution in [-0.4, -0.2) is 12.2 Å². The van der Waals surface area contributed by atoms with E-state index in [-0.39, 0.29) is 5.75 Å². The number of alkyl halides is 1. The summed E-state index contributed by atoms with van der Waals surface area (Å²) < 4.78 is 13.6. The zero-order valence-electron chi connectivity index (χ0n) is 8.76. The lowest BCUT2D eigenvalue weighted by Gasteiger charge is -2.16. The lowest BCUT2D eigenvalue weighted by molar-refractivity contribution is 0.221. The van der Waals surface area contributed by atoms with Crippen LogP contribution in [0.4, 0.5) is 4.39 Å². The first-order valence-corrected chi connectivity index (χ1v) is 4.61. The molecule has 0 aliphatic heterocycles. The van der Waals surface area contributed by atoms with Crippen LogP contribution in [0.3, 0.4) is 0 Å². The third-order valence-corrected chi connectivity index (χ3v) is 2.13. The maximum atomic E-state index is 13.6. The smallest absolute Gasteiger partial charge is 0.130 e. The van der Waals surface area contributed by atoms with Gasteiger partial charge in [-0.05, 0) is 38.6 Å². The van der Waals surface area contributed by atoms with Gasteiger partial charge in [0.25, 0.3) is 0 Å². The molecule has 0 aliphatic carbocycles. The molecule has 2 nitrogen and oxygen atoms in total. The number of halogens is 1. The topological polar surface area (TPSA) is 32.3 Å². The molecule has 0 spiro atoms. The van der Waals surface area contributed by atoms with E-state index in [2.05, 4.69) is 5.32 Å². The van der Waals surface area contributed by atoms with Gasteiger partial charge in [0.2, 0.25) is 0 Å². The number of rotatable bonds is 3. The Labute approximate surface area is 83.8 Å². The van der Waals surface area contributed by atoms with Gasteiger partial charge in [-0.1, -0.05) is 6.07 Å². The van der Waals surface area contributed by atoms with Crippen LogP contribution in [0.1, 0.15) is 25.0 Å². The molecular formula is C11H16FNO. The van der Waals surface area contributed by atoms with Gasteiger partial charge in [0.15, 0.2) is 0 Å². The fourth-order valence-electron chi connectivity index (χ4n) is 1.29. The Morgan fingerprint density at radius 1 is 1.43 bits per heavy atom. The maximum absolute atomic E-state index is 13.6. The van der Waals surface area contributed by atoms with E-state index in [0.717, 1.165) is 5.56 Å². The maximum Gasteiger partial charge on any atom is 0.130 e. The molecule has 0 amide bonds. The second-order valence-electron chi connectivity index (χ2n) is 3.85. The number of nitrogens with one attached hydrogen (secondary N) is 1. The minimum Gasteiger partial charge on any atom is -0.508 e. The zero-order chi connectivity index (χ0) is 10.8. The van der Waals surface area contributed by atoms with Crippen molar-refractivity contribution in [2.24, 2.45) is 0 Å². The quantitative estimate of drug-likeness (QED) is 0.779. The monoisotopic (exact) mass is 197 g/mol. The van der Waals surface area contributed by atoms with Crippen LogP contribution in [0.5, 0.6) is 5.75 Å². The van der Waals surface area contributed by atoms with Crippen LogP contribution >= 0.6 is 0 Å². The molecule has 0 saturated carbocycles. The van der Waals surface area contributed by atoms with Crippen molar-refractivity contribution >= 4 is 0 Å². The lowest BCUT2D eigenvalue weighted by Crippen LogP contribution is -2.11. The Kier molecular flexibility index (Phi) is 3.11. The first-order valence-electron chi connectivity index (χ1n) is 4.61. The Hall–Kier alpha value is -1.09. The van der Waals surface area contributed by atoms with Crippen molar-refractivity contribution in [2.45, 2.75) is 26.1 Å². The van der Waals surface area contributed by atoms with Crippen LogP contribution < -0.4 is 5.32 Å². The van der Waals surface area contributed by atoms with E-state index in [1.54, 1.807) is 19.2 Å². The van der Waals surface area contributed by atoms with Gasteiger partial charge in [-0.3, -0.25) is 0 Å². The highest BCUT2D eigenvalue weighted by Crippen LogP contribution is 2.28. The molecule has 2 N–H and O–H groups in total. The van der Waals surface area contributed by atoms with Gasteiger partial charge in [-0.15, -0.1) is 0 Å². The van der Waals surface area contributed by atoms with Crippen molar-refractivity contribution in [1.82, 2.24) is 5.32 Å². The third kappa shape index (κ3) is 2.45. The Balaban J connectivity index is 3.06. The molecule has 0 unspecified atom stereocenters. The van der Waals surface area contributed by atoms with Crippen molar-refractivity contribution in [2.75, 3.05) is 7.05 Å². The Morgan fingerprint density at radius 2 is 2.07 bits per heavy atom. The average Bonchev–Trinajstić information content (AvgIpc) is 2.07. The van der Waals surface area contributed by atoms with Crippen molar-refractivity contribution in [3.05, 3.63) is 29.3 Å². The lowest BCUT2D eigenvalue weighted by atomic mass is 9.97. The normalized spacial score (nSPS) is 11.7. The largest absolute Gasteiger partial charge is 0.508 e. The molecule has 0 radical (unpaired) electrons. The van der Waals surface area contributed by atoms with Crippen LogP contribution in [0.15, 0.2) is 18.2 Å². The Bertz CT molecular complexity index is 318. The van der Waals surface area contributed by atoms with E-state index in [4.69, 9.17) is 0 Å². The summed E-state index contributed by atoms with van der Waals surface area (Å²) in [6.07, 6.45) is 0. The third-order valence-electron chi connectivity index (χ3n) is 2.13. The fraction of sp³-hybridized carbons (Fsp3) is 0.455. The van der Waals surface area contributed by atoms with Gasteiger partial charge < -0.3 is 10.4 Å². The highest BCUT2D eigenvalue weighted by atomic mass is 19.1. The van der Waals surface area contributed by atoms with Gasteiger partial charge in [0, 0.05) is 12.1 Å². The van der Waals surface area contributed by atoms with E-state index in [1.807, 2.05) is 0 Å². The fourth-order valence-corrected chi connectivity index (χ4v) is 1.29. The summed E-state index contributed by atoms with van der Waals surface area (Å²) in [5.41, 5.74) is -0.0628. The number of hydrogen-bond acceptors (Lipinski definition) is 2. The molecule has 1 aromatic rings. The van der Waals surface area contributed by atoms with Crippen LogP contribution in [0, 0.1) is 0 Å². The second-order valence-corrected chi connectivity index (χ2v) is 3.85. The Morgan fingerprint density at radius 3 is 2.57 bits per heavy atom. The summed E-state index contributed by atoms with van der Waals surface area (Å²) in [6.45, 7) is 3.54. The predicted octanol–water partition coefficient (Wildman–Crippen LogP) is 2.32. The predicted molar refractivity (Wildman–Crippen MR) is 55.0 cm³/mol. The summed E-state index contributed by atoms with van der Waals surface area (Å²) in [6, 6.07) is 4.82. The summed E-state index contributed by atoms with van der Waals surface area (Å²) in [5, 5.41) is 12.4. The van der Waals surface area contributed by atoms with Gasteiger partial charge in [-0.25, -0.2) is 4.39 Å².